The van der Waals surface area contributed by atoms with Gasteiger partial charge in [-0.3, -0.25) is 14.2 Å². The maximum atomic E-state index is 12.7. The largest absolute Gasteiger partial charge is 0.376 e. The van der Waals surface area contributed by atoms with Crippen LogP contribution in [0.3, 0.4) is 0 Å². The Hall–Kier alpha value is -3.36. The van der Waals surface area contributed by atoms with Gasteiger partial charge in [0.25, 0.3) is 5.91 Å². The van der Waals surface area contributed by atoms with Crippen LogP contribution in [0.25, 0.3) is 16.9 Å². The van der Waals surface area contributed by atoms with Crippen molar-refractivity contribution in [2.45, 2.75) is 23.8 Å². The van der Waals surface area contributed by atoms with E-state index in [4.69, 9.17) is 9.72 Å². The van der Waals surface area contributed by atoms with Crippen molar-refractivity contribution >= 4 is 34.8 Å². The summed E-state index contributed by atoms with van der Waals surface area (Å²) in [5.41, 5.74) is 3.97. The number of imidazole rings is 1. The zero-order valence-electron chi connectivity index (χ0n) is 18.3. The first-order valence-corrected chi connectivity index (χ1v) is 12.2. The van der Waals surface area contributed by atoms with Gasteiger partial charge in [0.05, 0.1) is 12.3 Å². The molecule has 2 aromatic carbocycles. The Morgan fingerprint density at radius 1 is 1.24 bits per heavy atom. The summed E-state index contributed by atoms with van der Waals surface area (Å²) < 4.78 is 7.57. The van der Waals surface area contributed by atoms with E-state index < -0.39 is 0 Å². The molecule has 1 fully saturated rings. The molecule has 7 nitrogen and oxygen atoms in total. The fourth-order valence-electron chi connectivity index (χ4n) is 3.97. The predicted octanol–water partition coefficient (Wildman–Crippen LogP) is 4.77. The summed E-state index contributed by atoms with van der Waals surface area (Å²) in [6, 6.07) is 15.8. The van der Waals surface area contributed by atoms with Crippen LogP contribution in [0.5, 0.6) is 0 Å². The zero-order valence-corrected chi connectivity index (χ0v) is 19.1. The Balaban J connectivity index is 1.42. The summed E-state index contributed by atoms with van der Waals surface area (Å²) in [6.07, 6.45) is 9.56. The Labute approximate surface area is 196 Å². The topological polar surface area (TPSA) is 80.5 Å². The lowest BCUT2D eigenvalue weighted by Gasteiger charge is -2.12. The van der Waals surface area contributed by atoms with Crippen molar-refractivity contribution in [1.29, 1.82) is 0 Å². The number of carbonyl (C=O) groups excluding carboxylic acids is 1. The molecule has 1 atom stereocenters. The molecule has 3 heterocycles. The first-order chi connectivity index (χ1) is 16.2. The monoisotopic (exact) mass is 459 g/mol. The number of nitrogens with zero attached hydrogens (tertiary/aromatic N) is 3. The second kappa shape index (κ2) is 9.64. The molecule has 4 aromatic rings. The standard InChI is InChI=1S/C25H25N5O2S/c1-33-21-9-7-17(8-10-21)23-24(30-12-11-26-16-22(30)29-23)28-19-5-2-4-18(14-19)25(31)27-15-20-6-3-13-32-20/h2,4-5,7-12,14,16,20,28H,3,6,13,15H2,1H3,(H,27,31). The van der Waals surface area contributed by atoms with Gasteiger partial charge in [-0.1, -0.05) is 18.2 Å². The van der Waals surface area contributed by atoms with Crippen molar-refractivity contribution in [1.82, 2.24) is 19.7 Å². The third kappa shape index (κ3) is 4.72. The van der Waals surface area contributed by atoms with Crippen molar-refractivity contribution in [2.24, 2.45) is 0 Å². The molecule has 1 aliphatic rings. The Bertz CT molecular complexity index is 1270. The average molecular weight is 460 g/mol. The highest BCUT2D eigenvalue weighted by molar-refractivity contribution is 7.98. The van der Waals surface area contributed by atoms with Gasteiger partial charge in [-0.15, -0.1) is 11.8 Å². The number of nitrogens with one attached hydrogen (secondary N) is 2. The summed E-state index contributed by atoms with van der Waals surface area (Å²) in [6.45, 7) is 1.31. The minimum absolute atomic E-state index is 0.107. The molecule has 2 aromatic heterocycles. The molecular formula is C25H25N5O2S. The summed E-state index contributed by atoms with van der Waals surface area (Å²) >= 11 is 1.70. The molecule has 1 amide bonds. The van der Waals surface area contributed by atoms with Crippen molar-refractivity contribution in [3.8, 4) is 11.3 Å². The van der Waals surface area contributed by atoms with Crippen LogP contribution >= 0.6 is 11.8 Å². The fourth-order valence-corrected chi connectivity index (χ4v) is 4.37. The molecule has 0 aliphatic carbocycles. The second-order valence-corrected chi connectivity index (χ2v) is 8.77. The van der Waals surface area contributed by atoms with Crippen molar-refractivity contribution < 1.29 is 9.53 Å². The number of hydrogen-bond acceptors (Lipinski definition) is 6. The van der Waals surface area contributed by atoms with Crippen LogP contribution < -0.4 is 10.6 Å². The van der Waals surface area contributed by atoms with Crippen LogP contribution in [0, 0.1) is 0 Å². The highest BCUT2D eigenvalue weighted by atomic mass is 32.2. The number of amides is 1. The second-order valence-electron chi connectivity index (χ2n) is 7.89. The van der Waals surface area contributed by atoms with E-state index in [0.29, 0.717) is 12.1 Å². The van der Waals surface area contributed by atoms with Crippen LogP contribution in [-0.4, -0.2) is 45.8 Å². The molecule has 1 saturated heterocycles. The van der Waals surface area contributed by atoms with Gasteiger partial charge < -0.3 is 15.4 Å². The van der Waals surface area contributed by atoms with Crippen LogP contribution in [-0.2, 0) is 4.74 Å². The lowest BCUT2D eigenvalue weighted by molar-refractivity contribution is 0.0858. The number of rotatable bonds is 7. The van der Waals surface area contributed by atoms with Crippen LogP contribution in [0.4, 0.5) is 11.5 Å². The van der Waals surface area contributed by atoms with Crippen LogP contribution in [0.2, 0.25) is 0 Å². The number of thioether (sulfide) groups is 1. The predicted molar refractivity (Wildman–Crippen MR) is 131 cm³/mol. The number of anilines is 2. The van der Waals surface area contributed by atoms with Gasteiger partial charge in [0, 0.05) is 47.3 Å². The first kappa shape index (κ1) is 21.5. The zero-order chi connectivity index (χ0) is 22.6. The van der Waals surface area contributed by atoms with Crippen LogP contribution in [0.1, 0.15) is 23.2 Å². The fraction of sp³-hybridized carbons (Fsp3) is 0.240. The number of fused-ring (bicyclic) bond motifs is 1. The molecule has 1 unspecified atom stereocenters. The summed E-state index contributed by atoms with van der Waals surface area (Å²) in [5, 5.41) is 6.46. The van der Waals surface area contributed by atoms with E-state index in [1.54, 1.807) is 24.2 Å². The van der Waals surface area contributed by atoms with E-state index >= 15 is 0 Å². The number of benzene rings is 2. The molecule has 0 saturated carbocycles. The smallest absolute Gasteiger partial charge is 0.251 e. The van der Waals surface area contributed by atoms with Gasteiger partial charge in [-0.05, 0) is 49.4 Å². The maximum Gasteiger partial charge on any atom is 0.251 e. The highest BCUT2D eigenvalue weighted by Crippen LogP contribution is 2.32. The summed E-state index contributed by atoms with van der Waals surface area (Å²) in [4.78, 5) is 22.9. The molecular weight excluding hydrogens is 434 g/mol. The quantitative estimate of drug-likeness (QED) is 0.388. The molecule has 33 heavy (non-hydrogen) atoms. The number of hydrogen-bond donors (Lipinski definition) is 2. The maximum absolute atomic E-state index is 12.7. The molecule has 0 radical (unpaired) electrons. The van der Waals surface area contributed by atoms with Crippen LogP contribution in [0.15, 0.2) is 72.0 Å². The Morgan fingerprint density at radius 3 is 2.91 bits per heavy atom. The molecule has 168 valence electrons. The Kier molecular flexibility index (Phi) is 6.28. The van der Waals surface area contributed by atoms with Gasteiger partial charge in [0.2, 0.25) is 0 Å². The molecule has 0 bridgehead atoms. The Morgan fingerprint density at radius 2 is 2.12 bits per heavy atom. The molecule has 1 aliphatic heterocycles. The summed E-state index contributed by atoms with van der Waals surface area (Å²) in [5.74, 6) is 0.714. The molecule has 5 rings (SSSR count). The van der Waals surface area contributed by atoms with Crippen molar-refractivity contribution in [2.75, 3.05) is 24.7 Å². The van der Waals surface area contributed by atoms with Gasteiger partial charge in [-0.25, -0.2) is 4.98 Å². The normalized spacial score (nSPS) is 15.6. The van der Waals surface area contributed by atoms with E-state index in [9.17, 15) is 4.79 Å². The number of ether oxygens (including phenoxy) is 1. The van der Waals surface area contributed by atoms with E-state index in [2.05, 4.69) is 46.1 Å². The van der Waals surface area contributed by atoms with Gasteiger partial charge in [-0.2, -0.15) is 0 Å². The van der Waals surface area contributed by atoms with Gasteiger partial charge >= 0.3 is 0 Å². The first-order valence-electron chi connectivity index (χ1n) is 10.9. The lowest BCUT2D eigenvalue weighted by Crippen LogP contribution is -2.31. The average Bonchev–Trinajstić information content (AvgIpc) is 3.51. The number of aromatic nitrogens is 3. The van der Waals surface area contributed by atoms with E-state index in [1.165, 1.54) is 4.90 Å². The van der Waals surface area contributed by atoms with E-state index in [0.717, 1.165) is 47.9 Å². The molecule has 2 N–H and O–H groups in total. The van der Waals surface area contributed by atoms with Crippen molar-refractivity contribution in [3.63, 3.8) is 0 Å². The third-order valence-corrected chi connectivity index (χ3v) is 6.44. The highest BCUT2D eigenvalue weighted by Gasteiger charge is 2.18. The van der Waals surface area contributed by atoms with E-state index in [1.807, 2.05) is 34.9 Å². The lowest BCUT2D eigenvalue weighted by atomic mass is 10.1. The van der Waals surface area contributed by atoms with Gasteiger partial charge in [0.15, 0.2) is 5.65 Å². The minimum Gasteiger partial charge on any atom is -0.376 e. The summed E-state index contributed by atoms with van der Waals surface area (Å²) in [7, 11) is 0. The molecule has 8 heteroatoms. The number of carbonyl (C=O) groups is 1. The van der Waals surface area contributed by atoms with E-state index in [-0.39, 0.29) is 12.0 Å². The van der Waals surface area contributed by atoms with Crippen molar-refractivity contribution in [3.05, 3.63) is 72.7 Å². The van der Waals surface area contributed by atoms with Gasteiger partial charge in [0.1, 0.15) is 11.5 Å². The minimum atomic E-state index is -0.107. The molecule has 0 spiro atoms. The third-order valence-electron chi connectivity index (χ3n) is 5.70. The SMILES string of the molecule is CSc1ccc(-c2nc3cnccn3c2Nc2cccc(C(=O)NCC3CCCO3)c2)cc1.